The first kappa shape index (κ1) is 13.1. The summed E-state index contributed by atoms with van der Waals surface area (Å²) >= 11 is 0. The number of benzene rings is 1. The maximum Gasteiger partial charge on any atom is 0.164 e. The van der Waals surface area contributed by atoms with Crippen molar-refractivity contribution in [1.29, 1.82) is 0 Å². The Bertz CT molecular complexity index is 617. The molecule has 3 unspecified atom stereocenters. The van der Waals surface area contributed by atoms with Crippen LogP contribution in [0.25, 0.3) is 11.4 Å². The van der Waals surface area contributed by atoms with E-state index < -0.39 is 0 Å². The smallest absolute Gasteiger partial charge is 0.164 e. The Labute approximate surface area is 126 Å². The van der Waals surface area contributed by atoms with Crippen molar-refractivity contribution in [3.63, 3.8) is 0 Å². The molecule has 1 aromatic heterocycles. The number of aryl methyl sites for hydroxylation is 1. The summed E-state index contributed by atoms with van der Waals surface area (Å²) in [5.74, 6) is 4.06. The third kappa shape index (κ3) is 2.19. The van der Waals surface area contributed by atoms with Gasteiger partial charge in [-0.1, -0.05) is 43.7 Å². The monoisotopic (exact) mass is 281 g/mol. The van der Waals surface area contributed by atoms with Gasteiger partial charge in [0.1, 0.15) is 5.82 Å². The average molecular weight is 281 g/mol. The van der Waals surface area contributed by atoms with Crippen molar-refractivity contribution >= 4 is 0 Å². The highest BCUT2D eigenvalue weighted by atomic mass is 15.3. The van der Waals surface area contributed by atoms with Crippen LogP contribution >= 0.6 is 0 Å². The first-order chi connectivity index (χ1) is 10.4. The van der Waals surface area contributed by atoms with Gasteiger partial charge in [-0.3, -0.25) is 0 Å². The maximum absolute atomic E-state index is 4.55. The van der Waals surface area contributed by atoms with Gasteiger partial charge in [0.2, 0.25) is 0 Å². The van der Waals surface area contributed by atoms with E-state index in [1.807, 2.05) is 0 Å². The molecule has 2 aromatic rings. The zero-order valence-corrected chi connectivity index (χ0v) is 12.7. The van der Waals surface area contributed by atoms with Gasteiger partial charge >= 0.3 is 0 Å². The first-order valence-electron chi connectivity index (χ1n) is 8.36. The van der Waals surface area contributed by atoms with Crippen LogP contribution in [0.5, 0.6) is 0 Å². The molecule has 0 amide bonds. The fraction of sp³-hybridized carbons (Fsp3) is 0.556. The second-order valence-corrected chi connectivity index (χ2v) is 6.67. The lowest BCUT2D eigenvalue weighted by molar-refractivity contribution is 0.324. The molecular weight excluding hydrogens is 258 g/mol. The van der Waals surface area contributed by atoms with Crippen molar-refractivity contribution in [2.75, 3.05) is 0 Å². The Morgan fingerprint density at radius 1 is 1.10 bits per heavy atom. The molecule has 3 nitrogen and oxygen atoms in total. The standard InChI is InChI=1S/C18H23N3/c1-2-6-17-19-20-18(14-7-4-3-5-8-14)21(17)16-12-13-9-10-15(16)11-13/h3-5,7-8,13,15-16H,2,6,9-12H2,1H3. The maximum atomic E-state index is 4.55. The molecule has 0 aliphatic heterocycles. The van der Waals surface area contributed by atoms with Crippen molar-refractivity contribution in [2.24, 2.45) is 11.8 Å². The highest BCUT2D eigenvalue weighted by molar-refractivity contribution is 5.55. The number of rotatable bonds is 4. The first-order valence-corrected chi connectivity index (χ1v) is 8.36. The highest BCUT2D eigenvalue weighted by Crippen LogP contribution is 2.51. The van der Waals surface area contributed by atoms with Gasteiger partial charge in [-0.15, -0.1) is 10.2 Å². The van der Waals surface area contributed by atoms with Crippen LogP contribution < -0.4 is 0 Å². The Kier molecular flexibility index (Phi) is 3.28. The molecule has 2 aliphatic rings. The summed E-state index contributed by atoms with van der Waals surface area (Å²) in [6.45, 7) is 2.22. The predicted molar refractivity (Wildman–Crippen MR) is 83.9 cm³/mol. The van der Waals surface area contributed by atoms with Crippen molar-refractivity contribution in [2.45, 2.75) is 51.5 Å². The lowest BCUT2D eigenvalue weighted by atomic mass is 9.94. The van der Waals surface area contributed by atoms with E-state index in [-0.39, 0.29) is 0 Å². The van der Waals surface area contributed by atoms with E-state index in [0.717, 1.165) is 30.5 Å². The van der Waals surface area contributed by atoms with E-state index in [1.165, 1.54) is 37.1 Å². The van der Waals surface area contributed by atoms with Gasteiger partial charge < -0.3 is 4.57 Å². The molecule has 2 fully saturated rings. The van der Waals surface area contributed by atoms with Crippen molar-refractivity contribution < 1.29 is 0 Å². The van der Waals surface area contributed by atoms with Crippen LogP contribution in [0.1, 0.15) is 50.9 Å². The molecule has 3 heteroatoms. The van der Waals surface area contributed by atoms with Crippen LogP contribution in [-0.2, 0) is 6.42 Å². The van der Waals surface area contributed by atoms with Crippen LogP contribution in [0.15, 0.2) is 30.3 Å². The number of hydrogen-bond acceptors (Lipinski definition) is 2. The fourth-order valence-corrected chi connectivity index (χ4v) is 4.38. The molecule has 0 N–H and O–H groups in total. The second-order valence-electron chi connectivity index (χ2n) is 6.67. The van der Waals surface area contributed by atoms with E-state index in [2.05, 4.69) is 52.0 Å². The summed E-state index contributed by atoms with van der Waals surface area (Å²) in [4.78, 5) is 0. The number of fused-ring (bicyclic) bond motifs is 2. The largest absolute Gasteiger partial charge is 0.308 e. The summed E-state index contributed by atoms with van der Waals surface area (Å²) in [6, 6.07) is 11.2. The van der Waals surface area contributed by atoms with Gasteiger partial charge in [-0.05, 0) is 37.5 Å². The van der Waals surface area contributed by atoms with Gasteiger partial charge in [-0.2, -0.15) is 0 Å². The van der Waals surface area contributed by atoms with Crippen molar-refractivity contribution in [1.82, 2.24) is 14.8 Å². The number of nitrogens with zero attached hydrogens (tertiary/aromatic N) is 3. The van der Waals surface area contributed by atoms with Crippen LogP contribution in [0, 0.1) is 11.8 Å². The lowest BCUT2D eigenvalue weighted by Crippen LogP contribution is -2.19. The third-order valence-electron chi connectivity index (χ3n) is 5.30. The molecule has 21 heavy (non-hydrogen) atoms. The Hall–Kier alpha value is -1.64. The molecule has 0 spiro atoms. The molecule has 2 bridgehead atoms. The second kappa shape index (κ2) is 5.28. The quantitative estimate of drug-likeness (QED) is 0.838. The number of aromatic nitrogens is 3. The summed E-state index contributed by atoms with van der Waals surface area (Å²) in [5.41, 5.74) is 1.20. The third-order valence-corrected chi connectivity index (χ3v) is 5.30. The number of hydrogen-bond donors (Lipinski definition) is 0. The minimum absolute atomic E-state index is 0.635. The molecule has 4 rings (SSSR count). The Morgan fingerprint density at radius 2 is 1.95 bits per heavy atom. The fourth-order valence-electron chi connectivity index (χ4n) is 4.38. The highest BCUT2D eigenvalue weighted by Gasteiger charge is 2.42. The summed E-state index contributed by atoms with van der Waals surface area (Å²) in [7, 11) is 0. The molecule has 2 saturated carbocycles. The van der Waals surface area contributed by atoms with Gasteiger partial charge in [0, 0.05) is 18.0 Å². The van der Waals surface area contributed by atoms with E-state index in [0.29, 0.717) is 6.04 Å². The Balaban J connectivity index is 1.77. The van der Waals surface area contributed by atoms with Crippen LogP contribution in [-0.4, -0.2) is 14.8 Å². The van der Waals surface area contributed by atoms with Crippen LogP contribution in [0.3, 0.4) is 0 Å². The molecule has 1 heterocycles. The molecular formula is C18H23N3. The predicted octanol–water partition coefficient (Wildman–Crippen LogP) is 4.26. The molecule has 1 aromatic carbocycles. The van der Waals surface area contributed by atoms with Crippen LogP contribution in [0.2, 0.25) is 0 Å². The van der Waals surface area contributed by atoms with E-state index in [4.69, 9.17) is 0 Å². The van der Waals surface area contributed by atoms with Crippen molar-refractivity contribution in [3.8, 4) is 11.4 Å². The molecule has 0 radical (unpaired) electrons. The van der Waals surface area contributed by atoms with E-state index in [9.17, 15) is 0 Å². The summed E-state index contributed by atoms with van der Waals surface area (Å²) in [5, 5.41) is 9.07. The van der Waals surface area contributed by atoms with E-state index in [1.54, 1.807) is 0 Å². The van der Waals surface area contributed by atoms with Gasteiger partial charge in [0.25, 0.3) is 0 Å². The molecule has 110 valence electrons. The average Bonchev–Trinajstić information content (AvgIpc) is 3.23. The van der Waals surface area contributed by atoms with E-state index >= 15 is 0 Å². The lowest BCUT2D eigenvalue weighted by Gasteiger charge is -2.26. The zero-order chi connectivity index (χ0) is 14.2. The van der Waals surface area contributed by atoms with Gasteiger partial charge in [0.15, 0.2) is 5.82 Å². The molecule has 2 aliphatic carbocycles. The normalized spacial score (nSPS) is 27.4. The van der Waals surface area contributed by atoms with Crippen molar-refractivity contribution in [3.05, 3.63) is 36.2 Å². The molecule has 0 saturated heterocycles. The van der Waals surface area contributed by atoms with Crippen LogP contribution in [0.4, 0.5) is 0 Å². The zero-order valence-electron chi connectivity index (χ0n) is 12.7. The Morgan fingerprint density at radius 3 is 2.62 bits per heavy atom. The summed E-state index contributed by atoms with van der Waals surface area (Å²) < 4.78 is 2.49. The topological polar surface area (TPSA) is 30.7 Å². The van der Waals surface area contributed by atoms with Gasteiger partial charge in [0.05, 0.1) is 0 Å². The van der Waals surface area contributed by atoms with Gasteiger partial charge in [-0.25, -0.2) is 0 Å². The SMILES string of the molecule is CCCc1nnc(-c2ccccc2)n1C1CC2CCC1C2. The molecule has 3 atom stereocenters. The minimum atomic E-state index is 0.635. The minimum Gasteiger partial charge on any atom is -0.308 e. The summed E-state index contributed by atoms with van der Waals surface area (Å²) in [6.07, 6.45) is 7.75.